The minimum absolute atomic E-state index is 0. The summed E-state index contributed by atoms with van der Waals surface area (Å²) in [5.41, 5.74) is 0. The summed E-state index contributed by atoms with van der Waals surface area (Å²) < 4.78 is 29.6. The number of hydrogen-bond donors (Lipinski definition) is 0. The van der Waals surface area contributed by atoms with Crippen LogP contribution in [0.4, 0.5) is 0 Å². The van der Waals surface area contributed by atoms with Crippen molar-refractivity contribution < 1.29 is 42.5 Å². The molecular weight excluding hydrogens is 187 g/mol. The van der Waals surface area contributed by atoms with Gasteiger partial charge < -0.3 is 4.55 Å². The van der Waals surface area contributed by atoms with Crippen LogP contribution in [0, 0.1) is 0 Å². The average Bonchev–Trinajstić information content (AvgIpc) is 1.59. The summed E-state index contributed by atoms with van der Waals surface area (Å²) in [5.74, 6) is -0.525. The third kappa shape index (κ3) is 11.7. The van der Waals surface area contributed by atoms with Gasteiger partial charge in [0, 0.05) is 5.03 Å². The normalized spacial score (nSPS) is 12.5. The summed E-state index contributed by atoms with van der Waals surface area (Å²) in [6.07, 6.45) is 1.16. The van der Waals surface area contributed by atoms with Gasteiger partial charge in [0.1, 0.15) is 0 Å². The molecular formula is C4H6ClNaO3S. The van der Waals surface area contributed by atoms with E-state index in [-0.39, 0.29) is 29.6 Å². The first-order chi connectivity index (χ1) is 3.92. The minimum Gasteiger partial charge on any atom is -0.748 e. The molecule has 3 nitrogen and oxygen atoms in total. The molecule has 0 aromatic carbocycles. The van der Waals surface area contributed by atoms with Gasteiger partial charge in [0.15, 0.2) is 0 Å². The van der Waals surface area contributed by atoms with E-state index in [1.54, 1.807) is 0 Å². The van der Waals surface area contributed by atoms with Gasteiger partial charge in [-0.25, -0.2) is 8.42 Å². The van der Waals surface area contributed by atoms with Crippen LogP contribution in [0.3, 0.4) is 0 Å². The smallest absolute Gasteiger partial charge is 0.748 e. The Morgan fingerprint density at radius 1 is 1.70 bits per heavy atom. The first-order valence-electron chi connectivity index (χ1n) is 2.17. The molecule has 0 aromatic heterocycles. The Labute approximate surface area is 87.5 Å². The van der Waals surface area contributed by atoms with Crippen LogP contribution < -0.4 is 29.6 Å². The second-order valence-corrected chi connectivity index (χ2v) is 3.56. The van der Waals surface area contributed by atoms with E-state index in [9.17, 15) is 13.0 Å². The molecule has 0 aliphatic carbocycles. The molecule has 0 radical (unpaired) electrons. The molecule has 0 bridgehead atoms. The first kappa shape index (κ1) is 13.5. The zero-order chi connectivity index (χ0) is 7.49. The quantitative estimate of drug-likeness (QED) is 0.365. The van der Waals surface area contributed by atoms with Crippen molar-refractivity contribution in [3.05, 3.63) is 11.1 Å². The number of halogens is 1. The Bertz CT molecular complexity index is 205. The second kappa shape index (κ2) is 5.57. The Balaban J connectivity index is 0. The van der Waals surface area contributed by atoms with Crippen LogP contribution in [-0.4, -0.2) is 18.7 Å². The SMILES string of the molecule is C/C(Cl)=C/CS(=O)(=O)[O-].[Na+]. The molecule has 0 aromatic rings. The van der Waals surface area contributed by atoms with Crippen molar-refractivity contribution in [1.82, 2.24) is 0 Å². The van der Waals surface area contributed by atoms with Crippen LogP contribution in [0.5, 0.6) is 0 Å². The van der Waals surface area contributed by atoms with Crippen molar-refractivity contribution in [3.63, 3.8) is 0 Å². The maximum Gasteiger partial charge on any atom is 1.00 e. The number of hydrogen-bond acceptors (Lipinski definition) is 3. The maximum atomic E-state index is 9.88. The van der Waals surface area contributed by atoms with Crippen LogP contribution in [-0.2, 0) is 10.1 Å². The van der Waals surface area contributed by atoms with Crippen molar-refractivity contribution in [2.45, 2.75) is 6.92 Å². The second-order valence-electron chi connectivity index (χ2n) is 1.52. The summed E-state index contributed by atoms with van der Waals surface area (Å²) in [4.78, 5) is 0. The van der Waals surface area contributed by atoms with Gasteiger partial charge in [-0.1, -0.05) is 17.7 Å². The molecule has 0 saturated heterocycles. The molecule has 0 unspecified atom stereocenters. The summed E-state index contributed by atoms with van der Waals surface area (Å²) in [6.45, 7) is 1.51. The van der Waals surface area contributed by atoms with E-state index in [1.807, 2.05) is 0 Å². The van der Waals surface area contributed by atoms with Crippen LogP contribution in [0.1, 0.15) is 6.92 Å². The fourth-order valence-electron chi connectivity index (χ4n) is 0.217. The molecule has 0 saturated carbocycles. The zero-order valence-corrected chi connectivity index (χ0v) is 9.37. The third-order valence-corrected chi connectivity index (χ3v) is 1.30. The summed E-state index contributed by atoms with van der Waals surface area (Å²) in [7, 11) is -4.13. The Kier molecular flexibility index (Phi) is 7.54. The van der Waals surface area contributed by atoms with Crippen LogP contribution in [0.25, 0.3) is 0 Å². The monoisotopic (exact) mass is 192 g/mol. The van der Waals surface area contributed by atoms with E-state index in [2.05, 4.69) is 0 Å². The topological polar surface area (TPSA) is 57.2 Å². The first-order valence-corrected chi connectivity index (χ1v) is 4.13. The Hall–Kier alpha value is 0.940. The van der Waals surface area contributed by atoms with Crippen molar-refractivity contribution in [1.29, 1.82) is 0 Å². The van der Waals surface area contributed by atoms with Crippen molar-refractivity contribution in [3.8, 4) is 0 Å². The third-order valence-electron chi connectivity index (χ3n) is 0.569. The number of rotatable bonds is 2. The van der Waals surface area contributed by atoms with Gasteiger partial charge in [-0.15, -0.1) is 0 Å². The fourth-order valence-corrected chi connectivity index (χ4v) is 0.840. The van der Waals surface area contributed by atoms with Gasteiger partial charge in [-0.3, -0.25) is 0 Å². The van der Waals surface area contributed by atoms with Gasteiger partial charge in [-0.05, 0) is 6.92 Å². The van der Waals surface area contributed by atoms with Gasteiger partial charge in [-0.2, -0.15) is 0 Å². The van der Waals surface area contributed by atoms with E-state index >= 15 is 0 Å². The largest absolute Gasteiger partial charge is 1.00 e. The predicted octanol–water partition coefficient (Wildman–Crippen LogP) is -2.32. The minimum atomic E-state index is -4.13. The van der Waals surface area contributed by atoms with E-state index in [1.165, 1.54) is 6.92 Å². The van der Waals surface area contributed by atoms with E-state index in [0.29, 0.717) is 5.03 Å². The van der Waals surface area contributed by atoms with Crippen molar-refractivity contribution >= 4 is 21.7 Å². The molecule has 0 aliphatic heterocycles. The summed E-state index contributed by atoms with van der Waals surface area (Å²) >= 11 is 5.24. The Morgan fingerprint density at radius 2 is 2.10 bits per heavy atom. The van der Waals surface area contributed by atoms with Crippen molar-refractivity contribution in [2.75, 3.05) is 5.75 Å². The zero-order valence-electron chi connectivity index (χ0n) is 5.80. The van der Waals surface area contributed by atoms with Gasteiger partial charge in [0.2, 0.25) is 0 Å². The van der Waals surface area contributed by atoms with Crippen LogP contribution in [0.15, 0.2) is 11.1 Å². The molecule has 0 fully saturated rings. The van der Waals surface area contributed by atoms with Crippen LogP contribution >= 0.6 is 11.6 Å². The predicted molar refractivity (Wildman–Crippen MR) is 34.2 cm³/mol. The van der Waals surface area contributed by atoms with Gasteiger partial charge >= 0.3 is 29.6 Å². The summed E-state index contributed by atoms with van der Waals surface area (Å²) in [5, 5.41) is 0.314. The molecule has 54 valence electrons. The van der Waals surface area contributed by atoms with E-state index < -0.39 is 15.9 Å². The fraction of sp³-hybridized carbons (Fsp3) is 0.500. The van der Waals surface area contributed by atoms with Gasteiger partial charge in [0.25, 0.3) is 0 Å². The molecule has 0 spiro atoms. The molecule has 0 heterocycles. The number of allylic oxidation sites excluding steroid dienone is 1. The van der Waals surface area contributed by atoms with Crippen LogP contribution in [0.2, 0.25) is 0 Å². The average molecular weight is 193 g/mol. The van der Waals surface area contributed by atoms with Gasteiger partial charge in [0.05, 0.1) is 15.9 Å². The molecule has 0 rings (SSSR count). The van der Waals surface area contributed by atoms with Crippen molar-refractivity contribution in [2.24, 2.45) is 0 Å². The molecule has 0 atom stereocenters. The standard InChI is InChI=1S/C4H7ClO3S.Na/c1-4(5)2-3-9(6,7)8;/h2H,3H2,1H3,(H,6,7,8);/q;+1/p-1/b4-2-;. The molecule has 6 heteroatoms. The molecule has 0 aliphatic rings. The Morgan fingerprint density at radius 3 is 2.20 bits per heavy atom. The molecule has 0 N–H and O–H groups in total. The maximum absolute atomic E-state index is 9.88. The van der Waals surface area contributed by atoms with E-state index in [4.69, 9.17) is 11.6 Å². The molecule has 0 amide bonds. The van der Waals surface area contributed by atoms with E-state index in [0.717, 1.165) is 6.08 Å². The molecule has 10 heavy (non-hydrogen) atoms. The summed E-state index contributed by atoms with van der Waals surface area (Å²) in [6, 6.07) is 0.